The van der Waals surface area contributed by atoms with Crippen molar-refractivity contribution in [3.8, 4) is 0 Å². The fourth-order valence-electron chi connectivity index (χ4n) is 11.8. The topological polar surface area (TPSA) is 277 Å². The molecule has 0 spiro atoms. The van der Waals surface area contributed by atoms with E-state index in [1.807, 2.05) is 13.8 Å². The third kappa shape index (κ3) is 137. The van der Waals surface area contributed by atoms with Crippen LogP contribution in [0.25, 0.3) is 0 Å². The second kappa shape index (κ2) is 140. The van der Waals surface area contributed by atoms with Crippen LogP contribution in [0.1, 0.15) is 344 Å². The zero-order valence-corrected chi connectivity index (χ0v) is 93.4. The Balaban J connectivity index is -0.000000380. The van der Waals surface area contributed by atoms with Crippen LogP contribution in [0.4, 0.5) is 0 Å². The highest BCUT2D eigenvalue weighted by molar-refractivity contribution is 4.57. The van der Waals surface area contributed by atoms with Gasteiger partial charge in [-0.05, 0) is 117 Å². The van der Waals surface area contributed by atoms with Crippen LogP contribution in [0.5, 0.6) is 0 Å². The molecule has 0 radical (unpaired) electrons. The van der Waals surface area contributed by atoms with Gasteiger partial charge < -0.3 is 142 Å². The molecular weight excluding hydrogens is 1780 g/mol. The van der Waals surface area contributed by atoms with Crippen molar-refractivity contribution in [1.29, 1.82) is 0 Å². The van der Waals surface area contributed by atoms with Gasteiger partial charge in [-0.1, -0.05) is 227 Å². The molecule has 0 aliphatic carbocycles. The molecule has 6 unspecified atom stereocenters. The summed E-state index contributed by atoms with van der Waals surface area (Å²) in [4.78, 5) is 0. The molecule has 0 saturated heterocycles. The fraction of sp³-hybridized carbons (Fsp3) is 1.00. The third-order valence-corrected chi connectivity index (χ3v) is 19.2. The molecule has 0 heterocycles. The SMILES string of the molecule is CCCCCCCC(OCCOCCC)OCCOCCOCC.CCCCCCCCCCCC(OCCOCCC)OCCOCCOCC.CCCCOCCOCCOC(CCC)OCCOCCC.CCCCOCCOCCOC(OCCOCCC)C(C)C.CCCOCCOCCOC(CCC)OCCOCCC.CCCOCCOCCOC(OCCOCCC)C(C)C. The molecule has 6 atom stereocenters. The first-order valence-corrected chi connectivity index (χ1v) is 55.6. The van der Waals surface area contributed by atoms with Crippen molar-refractivity contribution < 1.29 is 142 Å². The van der Waals surface area contributed by atoms with E-state index in [9.17, 15) is 0 Å². The van der Waals surface area contributed by atoms with Crippen molar-refractivity contribution in [3.63, 3.8) is 0 Å². The molecule has 0 saturated carbocycles. The van der Waals surface area contributed by atoms with Gasteiger partial charge in [0.1, 0.15) is 0 Å². The minimum absolute atomic E-state index is 0.146. The summed E-state index contributed by atoms with van der Waals surface area (Å²) < 4.78 is 166. The maximum Gasteiger partial charge on any atom is 0.160 e. The van der Waals surface area contributed by atoms with Crippen LogP contribution in [0.2, 0.25) is 0 Å². The van der Waals surface area contributed by atoms with Gasteiger partial charge in [0.15, 0.2) is 37.7 Å². The number of rotatable bonds is 112. The number of unbranched alkanes of at least 4 members (excludes halogenated alkanes) is 14. The standard InChI is InChI=1S/C23H48O5.C19H40O5.2C17H36O5.2C16H34O5/c1-4-7-8-9-10-11-12-13-14-15-23(27-21-19-25-16-5-2)28-22-20-26-18-17-24-6-3;1-4-7-8-9-10-11-19(23-17-15-21-12-5-2)24-18-16-22-14-13-20-6-3;1-5-7-9-19-10-11-20-13-15-22-17(16(3)4)21-14-12-18-8-6-2;1-4-7-10-19-11-12-20-14-16-22-17(8-5-2)21-15-13-18-9-6-3;1-5-7-17-9-10-19-12-14-21-16(15(3)4)20-13-11-18-8-6-2;1-4-7-16(20-14-12-18-9-6-3)21-15-13-19-11-10-17-8-5-2/h23H,4-22H2,1-3H3;19H,4-18H2,1-3H3;16-17H,5-15H2,1-4H3;17H,4-16H2,1-3H3;15-16H,5-14H2,1-4H3;16H,4-15H2,1-3H3. The van der Waals surface area contributed by atoms with Crippen molar-refractivity contribution >= 4 is 0 Å². The van der Waals surface area contributed by atoms with E-state index in [0.29, 0.717) is 250 Å². The van der Waals surface area contributed by atoms with E-state index in [1.54, 1.807) is 0 Å². The molecule has 138 heavy (non-hydrogen) atoms. The van der Waals surface area contributed by atoms with E-state index in [1.165, 1.54) is 77.0 Å². The lowest BCUT2D eigenvalue weighted by atomic mass is 10.1. The minimum atomic E-state index is -0.199. The van der Waals surface area contributed by atoms with E-state index < -0.39 is 0 Å². The normalized spacial score (nSPS) is 12.7. The summed E-state index contributed by atoms with van der Waals surface area (Å²) in [5.41, 5.74) is 0. The maximum absolute atomic E-state index is 5.88. The van der Waals surface area contributed by atoms with Gasteiger partial charge in [-0.15, -0.1) is 0 Å². The monoisotopic (exact) mass is 2010 g/mol. The van der Waals surface area contributed by atoms with Gasteiger partial charge in [0.2, 0.25) is 0 Å². The van der Waals surface area contributed by atoms with Crippen LogP contribution in [0, 0.1) is 11.8 Å². The Morgan fingerprint density at radius 3 is 0.442 bits per heavy atom. The molecule has 0 aliphatic heterocycles. The predicted octanol–water partition coefficient (Wildman–Crippen LogP) is 22.5. The second-order valence-electron chi connectivity index (χ2n) is 33.7. The number of ether oxygens (including phenoxy) is 30. The smallest absolute Gasteiger partial charge is 0.160 e. The molecule has 30 heteroatoms. The quantitative estimate of drug-likeness (QED) is 0.0404. The van der Waals surface area contributed by atoms with Gasteiger partial charge in [-0.3, -0.25) is 0 Å². The summed E-state index contributed by atoms with van der Waals surface area (Å²) in [6.45, 7) is 73.1. The van der Waals surface area contributed by atoms with E-state index in [0.717, 1.165) is 208 Å². The van der Waals surface area contributed by atoms with Gasteiger partial charge in [0.25, 0.3) is 0 Å². The highest BCUT2D eigenvalue weighted by Crippen LogP contribution is 2.17. The van der Waals surface area contributed by atoms with Crippen molar-refractivity contribution in [1.82, 2.24) is 0 Å². The molecule has 0 aromatic heterocycles. The third-order valence-electron chi connectivity index (χ3n) is 19.2. The highest BCUT2D eigenvalue weighted by atomic mass is 16.7. The average molecular weight is 2010 g/mol. The molecule has 0 aromatic rings. The predicted molar refractivity (Wildman–Crippen MR) is 557 cm³/mol. The van der Waals surface area contributed by atoms with E-state index in [-0.39, 0.29) is 37.7 Å². The Bertz CT molecular complexity index is 1980. The van der Waals surface area contributed by atoms with Crippen LogP contribution < -0.4 is 0 Å². The average Bonchev–Trinajstić information content (AvgIpc) is 0.955. The Kier molecular flexibility index (Phi) is 150. The zero-order valence-electron chi connectivity index (χ0n) is 93.4. The Hall–Kier alpha value is -1.20. The summed E-state index contributed by atoms with van der Waals surface area (Å²) in [5, 5.41) is 0. The maximum atomic E-state index is 5.88. The molecular formula is C108H228O30. The first-order valence-electron chi connectivity index (χ1n) is 55.6. The molecule has 30 nitrogen and oxygen atoms in total. The lowest BCUT2D eigenvalue weighted by molar-refractivity contribution is -0.179. The van der Waals surface area contributed by atoms with Crippen molar-refractivity contribution in [3.05, 3.63) is 0 Å². The van der Waals surface area contributed by atoms with Crippen LogP contribution in [-0.4, -0.2) is 355 Å². The van der Waals surface area contributed by atoms with Gasteiger partial charge in [-0.25, -0.2) is 0 Å². The van der Waals surface area contributed by atoms with Crippen LogP contribution >= 0.6 is 0 Å². The summed E-state index contributed by atoms with van der Waals surface area (Å²) >= 11 is 0. The Labute approximate surface area is 848 Å². The van der Waals surface area contributed by atoms with Crippen LogP contribution in [0.3, 0.4) is 0 Å². The molecule has 0 fully saturated rings. The van der Waals surface area contributed by atoms with Gasteiger partial charge in [-0.2, -0.15) is 0 Å². The number of hydrogen-bond donors (Lipinski definition) is 0. The fourth-order valence-corrected chi connectivity index (χ4v) is 11.8. The molecule has 840 valence electrons. The van der Waals surface area contributed by atoms with E-state index in [2.05, 4.69) is 125 Å². The number of hydrogen-bond acceptors (Lipinski definition) is 30. The van der Waals surface area contributed by atoms with Crippen molar-refractivity contribution in [2.45, 2.75) is 382 Å². The second-order valence-corrected chi connectivity index (χ2v) is 33.7. The van der Waals surface area contributed by atoms with E-state index in [4.69, 9.17) is 142 Å². The summed E-state index contributed by atoms with van der Waals surface area (Å²) in [6, 6.07) is 0. The molecule has 0 N–H and O–H groups in total. The largest absolute Gasteiger partial charge is 0.379 e. The molecule has 0 amide bonds. The first-order chi connectivity index (χ1) is 67.8. The van der Waals surface area contributed by atoms with Crippen molar-refractivity contribution in [2.24, 2.45) is 11.8 Å². The van der Waals surface area contributed by atoms with Crippen LogP contribution in [0.15, 0.2) is 0 Å². The summed E-state index contributed by atoms with van der Waals surface area (Å²) in [6.07, 6.45) is 35.8. The highest BCUT2D eigenvalue weighted by Gasteiger charge is 2.18. The molecule has 0 aliphatic rings. The molecule has 0 bridgehead atoms. The van der Waals surface area contributed by atoms with Gasteiger partial charge in [0, 0.05) is 91.1 Å². The lowest BCUT2D eigenvalue weighted by Crippen LogP contribution is -2.27. The lowest BCUT2D eigenvalue weighted by Gasteiger charge is -2.22. The first kappa shape index (κ1) is 147. The van der Waals surface area contributed by atoms with Gasteiger partial charge >= 0.3 is 0 Å². The summed E-state index contributed by atoms with van der Waals surface area (Å²) in [7, 11) is 0. The Morgan fingerprint density at radius 2 is 0.268 bits per heavy atom. The molecule has 0 rings (SSSR count). The van der Waals surface area contributed by atoms with Gasteiger partial charge in [0.05, 0.1) is 238 Å². The molecule has 0 aromatic carbocycles. The zero-order chi connectivity index (χ0) is 102. The van der Waals surface area contributed by atoms with Crippen molar-refractivity contribution in [2.75, 3.05) is 317 Å². The minimum Gasteiger partial charge on any atom is -0.379 e. The van der Waals surface area contributed by atoms with Crippen LogP contribution in [-0.2, 0) is 142 Å². The Morgan fingerprint density at radius 1 is 0.116 bits per heavy atom. The van der Waals surface area contributed by atoms with E-state index >= 15 is 0 Å². The summed E-state index contributed by atoms with van der Waals surface area (Å²) in [5.74, 6) is 0.618.